The lowest BCUT2D eigenvalue weighted by molar-refractivity contribution is -0.124. The lowest BCUT2D eigenvalue weighted by Crippen LogP contribution is -2.31. The van der Waals surface area contributed by atoms with Crippen molar-refractivity contribution in [3.8, 4) is 0 Å². The number of benzene rings is 1. The van der Waals surface area contributed by atoms with Gasteiger partial charge in [-0.3, -0.25) is 4.79 Å². The van der Waals surface area contributed by atoms with E-state index in [0.717, 1.165) is 12.0 Å². The smallest absolute Gasteiger partial charge is 0.374 e. The van der Waals surface area contributed by atoms with Crippen LogP contribution in [0.2, 0.25) is 0 Å². The van der Waals surface area contributed by atoms with Crippen LogP contribution in [0, 0.1) is 6.92 Å². The normalized spacial score (nSPS) is 11.8. The molecule has 0 saturated heterocycles. The summed E-state index contributed by atoms with van der Waals surface area (Å²) < 4.78 is 10.1. The first-order valence-electron chi connectivity index (χ1n) is 7.61. The molecule has 0 spiro atoms. The summed E-state index contributed by atoms with van der Waals surface area (Å²) in [5.41, 5.74) is 2.25. The molecule has 0 aliphatic heterocycles. The molecule has 0 saturated carbocycles. The van der Waals surface area contributed by atoms with E-state index >= 15 is 0 Å². The second-order valence-corrected chi connectivity index (χ2v) is 5.37. The van der Waals surface area contributed by atoms with Gasteiger partial charge >= 0.3 is 5.97 Å². The van der Waals surface area contributed by atoms with Crippen molar-refractivity contribution in [3.63, 3.8) is 0 Å². The molecule has 0 radical (unpaired) electrons. The van der Waals surface area contributed by atoms with Crippen molar-refractivity contribution in [3.05, 3.63) is 59.0 Å². The molecule has 1 unspecified atom stereocenters. The molecule has 1 aromatic heterocycles. The minimum absolute atomic E-state index is 0.0958. The van der Waals surface area contributed by atoms with E-state index in [0.29, 0.717) is 5.76 Å². The number of amides is 1. The van der Waals surface area contributed by atoms with Crippen molar-refractivity contribution in [2.75, 3.05) is 6.61 Å². The number of carbonyl (C=O) groups is 2. The van der Waals surface area contributed by atoms with E-state index in [1.165, 1.54) is 11.6 Å². The standard InChI is InChI=1S/C18H21NO4/c1-4-14-6-8-15(9-7-14)13(3)19-17(20)11-22-18(21)16-10-5-12(2)23-16/h5-10,13H,4,11H2,1-3H3,(H,19,20). The zero-order chi connectivity index (χ0) is 16.8. The number of nitrogens with one attached hydrogen (secondary N) is 1. The molecule has 5 nitrogen and oxygen atoms in total. The van der Waals surface area contributed by atoms with E-state index < -0.39 is 5.97 Å². The van der Waals surface area contributed by atoms with Gasteiger partial charge in [-0.15, -0.1) is 0 Å². The number of carbonyl (C=O) groups excluding carboxylic acids is 2. The third-order valence-corrected chi connectivity index (χ3v) is 3.54. The summed E-state index contributed by atoms with van der Waals surface area (Å²) >= 11 is 0. The fourth-order valence-electron chi connectivity index (χ4n) is 2.15. The van der Waals surface area contributed by atoms with Crippen LogP contribution in [0.3, 0.4) is 0 Å². The summed E-state index contributed by atoms with van der Waals surface area (Å²) in [6, 6.07) is 11.1. The Morgan fingerprint density at radius 3 is 2.43 bits per heavy atom. The predicted octanol–water partition coefficient (Wildman–Crippen LogP) is 3.18. The number of furan rings is 1. The highest BCUT2D eigenvalue weighted by Gasteiger charge is 2.15. The predicted molar refractivity (Wildman–Crippen MR) is 86.1 cm³/mol. The topological polar surface area (TPSA) is 68.5 Å². The minimum atomic E-state index is -0.645. The molecule has 1 aromatic carbocycles. The van der Waals surface area contributed by atoms with Gasteiger partial charge in [0, 0.05) is 0 Å². The van der Waals surface area contributed by atoms with Crippen molar-refractivity contribution >= 4 is 11.9 Å². The van der Waals surface area contributed by atoms with Crippen LogP contribution in [0.4, 0.5) is 0 Å². The molecule has 1 amide bonds. The highest BCUT2D eigenvalue weighted by molar-refractivity contribution is 5.88. The molecular weight excluding hydrogens is 294 g/mol. The van der Waals surface area contributed by atoms with Crippen molar-refractivity contribution in [1.29, 1.82) is 0 Å². The first kappa shape index (κ1) is 16.8. The Labute approximate surface area is 135 Å². The Balaban J connectivity index is 1.82. The van der Waals surface area contributed by atoms with Gasteiger partial charge in [-0.2, -0.15) is 0 Å². The molecule has 0 fully saturated rings. The molecule has 0 bridgehead atoms. The monoisotopic (exact) mass is 315 g/mol. The van der Waals surface area contributed by atoms with Crippen LogP contribution < -0.4 is 5.32 Å². The highest BCUT2D eigenvalue weighted by Crippen LogP contribution is 2.14. The van der Waals surface area contributed by atoms with Crippen molar-refractivity contribution in [2.24, 2.45) is 0 Å². The molecule has 2 rings (SSSR count). The summed E-state index contributed by atoms with van der Waals surface area (Å²) in [6.07, 6.45) is 0.975. The Kier molecular flexibility index (Phi) is 5.57. The van der Waals surface area contributed by atoms with Gasteiger partial charge in [0.2, 0.25) is 5.76 Å². The number of hydrogen-bond acceptors (Lipinski definition) is 4. The van der Waals surface area contributed by atoms with Crippen LogP contribution in [0.25, 0.3) is 0 Å². The average Bonchev–Trinajstić information content (AvgIpc) is 2.99. The Morgan fingerprint density at radius 2 is 1.87 bits per heavy atom. The van der Waals surface area contributed by atoms with Gasteiger partial charge in [0.15, 0.2) is 6.61 Å². The van der Waals surface area contributed by atoms with Crippen LogP contribution in [0.1, 0.15) is 47.3 Å². The van der Waals surface area contributed by atoms with E-state index in [-0.39, 0.29) is 24.3 Å². The van der Waals surface area contributed by atoms with Gasteiger partial charge in [-0.25, -0.2) is 4.79 Å². The summed E-state index contributed by atoms with van der Waals surface area (Å²) in [7, 11) is 0. The summed E-state index contributed by atoms with van der Waals surface area (Å²) in [6.45, 7) is 5.37. The maximum absolute atomic E-state index is 11.9. The zero-order valence-corrected chi connectivity index (χ0v) is 13.6. The van der Waals surface area contributed by atoms with Crippen molar-refractivity contribution in [2.45, 2.75) is 33.2 Å². The lowest BCUT2D eigenvalue weighted by Gasteiger charge is -2.14. The van der Waals surface area contributed by atoms with Crippen molar-refractivity contribution < 1.29 is 18.7 Å². The molecule has 0 aliphatic carbocycles. The largest absolute Gasteiger partial charge is 0.454 e. The number of esters is 1. The Hall–Kier alpha value is -2.56. The molecule has 23 heavy (non-hydrogen) atoms. The Bertz CT molecular complexity index is 673. The van der Waals surface area contributed by atoms with Crippen LogP contribution in [0.15, 0.2) is 40.8 Å². The first-order valence-corrected chi connectivity index (χ1v) is 7.61. The zero-order valence-electron chi connectivity index (χ0n) is 13.6. The molecule has 1 atom stereocenters. The summed E-state index contributed by atoms with van der Waals surface area (Å²) in [5, 5.41) is 2.80. The van der Waals surface area contributed by atoms with E-state index in [1.807, 2.05) is 31.2 Å². The number of aryl methyl sites for hydroxylation is 2. The van der Waals surface area contributed by atoms with Crippen LogP contribution >= 0.6 is 0 Å². The van der Waals surface area contributed by atoms with E-state index in [9.17, 15) is 9.59 Å². The van der Waals surface area contributed by atoms with Crippen LogP contribution in [-0.4, -0.2) is 18.5 Å². The molecule has 2 aromatic rings. The molecule has 1 heterocycles. The lowest BCUT2D eigenvalue weighted by atomic mass is 10.1. The fraction of sp³-hybridized carbons (Fsp3) is 0.333. The van der Waals surface area contributed by atoms with Gasteiger partial charge in [0.05, 0.1) is 6.04 Å². The molecule has 122 valence electrons. The highest BCUT2D eigenvalue weighted by atomic mass is 16.5. The third-order valence-electron chi connectivity index (χ3n) is 3.54. The quantitative estimate of drug-likeness (QED) is 0.831. The molecule has 0 aliphatic rings. The van der Waals surface area contributed by atoms with Crippen LogP contribution in [0.5, 0.6) is 0 Å². The number of hydrogen-bond donors (Lipinski definition) is 1. The Morgan fingerprint density at radius 1 is 1.17 bits per heavy atom. The van der Waals surface area contributed by atoms with Crippen molar-refractivity contribution in [1.82, 2.24) is 5.32 Å². The van der Waals surface area contributed by atoms with Gasteiger partial charge in [-0.1, -0.05) is 31.2 Å². The second kappa shape index (κ2) is 7.63. The summed E-state index contributed by atoms with van der Waals surface area (Å²) in [4.78, 5) is 23.6. The average molecular weight is 315 g/mol. The number of ether oxygens (including phenoxy) is 1. The second-order valence-electron chi connectivity index (χ2n) is 5.37. The van der Waals surface area contributed by atoms with Gasteiger partial charge in [-0.05, 0) is 43.5 Å². The third kappa shape index (κ3) is 4.71. The van der Waals surface area contributed by atoms with Crippen LogP contribution in [-0.2, 0) is 16.0 Å². The molecule has 5 heteroatoms. The number of rotatable bonds is 6. The SMILES string of the molecule is CCc1ccc(C(C)NC(=O)COC(=O)c2ccc(C)o2)cc1. The minimum Gasteiger partial charge on any atom is -0.454 e. The maximum atomic E-state index is 11.9. The van der Waals surface area contributed by atoms with E-state index in [2.05, 4.69) is 12.2 Å². The summed E-state index contributed by atoms with van der Waals surface area (Å²) in [5.74, 6) is -0.286. The molecule has 1 N–H and O–H groups in total. The molecular formula is C18H21NO4. The van der Waals surface area contributed by atoms with Gasteiger partial charge < -0.3 is 14.5 Å². The first-order chi connectivity index (χ1) is 11.0. The van der Waals surface area contributed by atoms with E-state index in [4.69, 9.17) is 9.15 Å². The fourth-order valence-corrected chi connectivity index (χ4v) is 2.15. The maximum Gasteiger partial charge on any atom is 0.374 e. The van der Waals surface area contributed by atoms with Gasteiger partial charge in [0.1, 0.15) is 5.76 Å². The van der Waals surface area contributed by atoms with E-state index in [1.54, 1.807) is 13.0 Å². The van der Waals surface area contributed by atoms with Gasteiger partial charge in [0.25, 0.3) is 5.91 Å².